The number of unbranched alkanes of at least 4 members (excludes halogenated alkanes) is 1. The molecule has 0 N–H and O–H groups in total. The molecule has 252 valence electrons. The van der Waals surface area contributed by atoms with E-state index in [1.54, 1.807) is 11.0 Å². The lowest BCUT2D eigenvalue weighted by atomic mass is 10.0. The quantitative estimate of drug-likeness (QED) is 0.0680. The van der Waals surface area contributed by atoms with E-state index in [4.69, 9.17) is 9.47 Å². The lowest BCUT2D eigenvalue weighted by Gasteiger charge is -2.35. The number of carbonyl (C=O) groups is 3. The van der Waals surface area contributed by atoms with Gasteiger partial charge in [-0.1, -0.05) is 65.6 Å². The molecule has 0 saturated carbocycles. The summed E-state index contributed by atoms with van der Waals surface area (Å²) in [7, 11) is -1.30. The van der Waals surface area contributed by atoms with Crippen molar-refractivity contribution in [3.05, 3.63) is 94.1 Å². The zero-order chi connectivity index (χ0) is 34.5. The van der Waals surface area contributed by atoms with Gasteiger partial charge in [0.1, 0.15) is 18.5 Å². The monoisotopic (exact) mass is 737 g/mol. The first-order valence-corrected chi connectivity index (χ1v) is 21.2. The van der Waals surface area contributed by atoms with Gasteiger partial charge in [-0.15, -0.1) is 0 Å². The van der Waals surface area contributed by atoms with Crippen molar-refractivity contribution in [3.8, 4) is 28.8 Å². The molecule has 8 nitrogen and oxygen atoms in total. The largest absolute Gasteiger partial charge is 0.494 e. The molecule has 49 heavy (non-hydrogen) atoms. The minimum absolute atomic E-state index is 0.0688. The molecule has 1 unspecified atom stereocenters. The van der Waals surface area contributed by atoms with Gasteiger partial charge in [-0.2, -0.15) is 0 Å². The summed E-state index contributed by atoms with van der Waals surface area (Å²) in [6.07, 6.45) is 3.78. The molecule has 6 rings (SSSR count). The summed E-state index contributed by atoms with van der Waals surface area (Å²) in [4.78, 5) is 46.8. The van der Waals surface area contributed by atoms with Crippen LogP contribution in [-0.4, -0.2) is 66.6 Å². The van der Waals surface area contributed by atoms with Crippen molar-refractivity contribution in [2.24, 2.45) is 0 Å². The minimum Gasteiger partial charge on any atom is -0.494 e. The molecule has 1 atom stereocenters. The number of halogens is 1. The fourth-order valence-electron chi connectivity index (χ4n) is 6.03. The molecule has 3 amide bonds. The number of rotatable bonds is 11. The molecular weight excluding hydrogens is 698 g/mol. The fraction of sp³-hybridized carbons (Fsp3) is 0.333. The van der Waals surface area contributed by atoms with Gasteiger partial charge in [0.15, 0.2) is 0 Å². The number of hydrogen-bond acceptors (Lipinski definition) is 6. The third kappa shape index (κ3) is 8.13. The summed E-state index contributed by atoms with van der Waals surface area (Å²) in [5, 5.41) is 2.21. The number of likely N-dealkylation sites (tertiary alicyclic amines) is 1. The number of hydrogen-bond donors (Lipinski definition) is 0. The number of benzene rings is 3. The minimum atomic E-state index is -1.30. The van der Waals surface area contributed by atoms with E-state index >= 15 is 0 Å². The van der Waals surface area contributed by atoms with E-state index < -0.39 is 14.1 Å². The van der Waals surface area contributed by atoms with Crippen molar-refractivity contribution in [2.75, 3.05) is 19.9 Å². The number of amides is 3. The second-order valence-corrected chi connectivity index (χ2v) is 20.1. The number of fused-ring (bicyclic) bond motifs is 2. The Labute approximate surface area is 296 Å². The standard InChI is InChI=1S/C39H40BrN3O5Si/c1-49(2,3)22-21-47-26-43-37(44)19-18-36(39(43)46)42-25-33-27(10-7-12-31(33)38(42)45)9-5-4-6-20-48-30-16-14-28(15-17-30)35-23-29-11-8-13-34(40)32(29)24-41-35/h7-8,10-17,23-24,36H,4,6,18-22,25-26H2,1-3H3. The highest BCUT2D eigenvalue weighted by Crippen LogP contribution is 2.31. The second kappa shape index (κ2) is 15.1. The zero-order valence-electron chi connectivity index (χ0n) is 28.1. The maximum atomic E-state index is 13.4. The van der Waals surface area contributed by atoms with E-state index in [1.165, 1.54) is 4.90 Å². The van der Waals surface area contributed by atoms with Gasteiger partial charge in [0.2, 0.25) is 5.91 Å². The summed E-state index contributed by atoms with van der Waals surface area (Å²) in [5.41, 5.74) is 4.10. The van der Waals surface area contributed by atoms with Gasteiger partial charge in [-0.25, -0.2) is 0 Å². The summed E-state index contributed by atoms with van der Waals surface area (Å²) >= 11 is 3.58. The van der Waals surface area contributed by atoms with E-state index in [0.29, 0.717) is 38.2 Å². The van der Waals surface area contributed by atoms with Crippen molar-refractivity contribution in [1.29, 1.82) is 0 Å². The van der Waals surface area contributed by atoms with Crippen molar-refractivity contribution >= 4 is 52.5 Å². The number of nitrogens with zero attached hydrogens (tertiary/aromatic N) is 3. The van der Waals surface area contributed by atoms with Crippen LogP contribution in [0.15, 0.2) is 77.4 Å². The number of piperidine rings is 1. The molecule has 1 aromatic heterocycles. The number of aromatic nitrogens is 1. The van der Waals surface area contributed by atoms with Crippen molar-refractivity contribution < 1.29 is 23.9 Å². The van der Waals surface area contributed by atoms with Gasteiger partial charge < -0.3 is 14.4 Å². The van der Waals surface area contributed by atoms with Gasteiger partial charge in [0, 0.05) is 66.8 Å². The predicted octanol–water partition coefficient (Wildman–Crippen LogP) is 7.66. The van der Waals surface area contributed by atoms with Gasteiger partial charge >= 0.3 is 0 Å². The topological polar surface area (TPSA) is 89.0 Å². The molecule has 10 heteroatoms. The summed E-state index contributed by atoms with van der Waals surface area (Å²) in [6, 6.07) is 21.9. The Morgan fingerprint density at radius 1 is 1.00 bits per heavy atom. The molecular formula is C39H40BrN3O5Si. The lowest BCUT2D eigenvalue weighted by molar-refractivity contribution is -0.158. The first-order valence-electron chi connectivity index (χ1n) is 16.7. The van der Waals surface area contributed by atoms with E-state index in [-0.39, 0.29) is 30.9 Å². The van der Waals surface area contributed by atoms with Crippen LogP contribution in [0, 0.1) is 11.8 Å². The summed E-state index contributed by atoms with van der Waals surface area (Å²) in [6.45, 7) is 8.00. The first-order chi connectivity index (χ1) is 23.6. The normalized spacial score (nSPS) is 16.2. The molecule has 1 fully saturated rings. The van der Waals surface area contributed by atoms with Crippen LogP contribution >= 0.6 is 15.9 Å². The summed E-state index contributed by atoms with van der Waals surface area (Å²) in [5.74, 6) is 6.44. The first kappa shape index (κ1) is 34.6. The highest BCUT2D eigenvalue weighted by atomic mass is 79.9. The maximum absolute atomic E-state index is 13.4. The molecule has 3 aromatic carbocycles. The molecule has 0 aliphatic carbocycles. The van der Waals surface area contributed by atoms with Gasteiger partial charge in [0.05, 0.1) is 12.3 Å². The van der Waals surface area contributed by atoms with Crippen LogP contribution in [0.2, 0.25) is 25.7 Å². The Morgan fingerprint density at radius 2 is 1.80 bits per heavy atom. The van der Waals surface area contributed by atoms with E-state index in [0.717, 1.165) is 55.8 Å². The van der Waals surface area contributed by atoms with Crippen LogP contribution in [0.3, 0.4) is 0 Å². The fourth-order valence-corrected chi connectivity index (χ4v) is 7.27. The molecule has 1 saturated heterocycles. The number of ether oxygens (including phenoxy) is 2. The third-order valence-corrected chi connectivity index (χ3v) is 11.3. The van der Waals surface area contributed by atoms with Crippen LogP contribution < -0.4 is 4.74 Å². The van der Waals surface area contributed by atoms with Crippen LogP contribution in [0.25, 0.3) is 22.0 Å². The highest BCUT2D eigenvalue weighted by molar-refractivity contribution is 9.10. The lowest BCUT2D eigenvalue weighted by Crippen LogP contribution is -2.55. The molecule has 2 aliphatic rings. The molecule has 2 aliphatic heterocycles. The predicted molar refractivity (Wildman–Crippen MR) is 197 cm³/mol. The number of carbonyl (C=O) groups excluding carboxylic acids is 3. The Bertz CT molecular complexity index is 1950. The van der Waals surface area contributed by atoms with Crippen LogP contribution in [0.5, 0.6) is 5.75 Å². The van der Waals surface area contributed by atoms with Crippen LogP contribution in [0.1, 0.15) is 47.2 Å². The average Bonchev–Trinajstić information content (AvgIpc) is 3.42. The van der Waals surface area contributed by atoms with E-state index in [2.05, 4.69) is 64.5 Å². The smallest absolute Gasteiger partial charge is 0.255 e. The highest BCUT2D eigenvalue weighted by Gasteiger charge is 2.43. The van der Waals surface area contributed by atoms with Gasteiger partial charge in [-0.3, -0.25) is 24.3 Å². The third-order valence-electron chi connectivity index (χ3n) is 8.87. The van der Waals surface area contributed by atoms with Crippen LogP contribution in [0.4, 0.5) is 0 Å². The Morgan fingerprint density at radius 3 is 2.59 bits per heavy atom. The molecule has 4 aromatic rings. The van der Waals surface area contributed by atoms with Crippen molar-refractivity contribution in [2.45, 2.75) is 64.0 Å². The average molecular weight is 739 g/mol. The van der Waals surface area contributed by atoms with Gasteiger partial charge in [-0.05, 0) is 78.4 Å². The Kier molecular flexibility index (Phi) is 10.6. The zero-order valence-corrected chi connectivity index (χ0v) is 30.7. The van der Waals surface area contributed by atoms with E-state index in [1.807, 2.05) is 54.7 Å². The molecule has 0 radical (unpaired) electrons. The van der Waals surface area contributed by atoms with Gasteiger partial charge in [0.25, 0.3) is 11.8 Å². The Hall–Kier alpha value is -4.30. The van der Waals surface area contributed by atoms with Crippen molar-refractivity contribution in [1.82, 2.24) is 14.8 Å². The van der Waals surface area contributed by atoms with Crippen LogP contribution in [-0.2, 0) is 20.9 Å². The Balaban J connectivity index is 1.01. The molecule has 0 spiro atoms. The molecule has 0 bridgehead atoms. The summed E-state index contributed by atoms with van der Waals surface area (Å²) < 4.78 is 12.7. The van der Waals surface area contributed by atoms with Crippen molar-refractivity contribution in [3.63, 3.8) is 0 Å². The number of pyridine rings is 1. The SMILES string of the molecule is C[Si](C)(C)CCOCN1C(=O)CCC(N2Cc3c(C#CCCCOc4ccc(-c5cc6cccc(Br)c6cn5)cc4)cccc3C2=O)C1=O. The second-order valence-electron chi connectivity index (χ2n) is 13.6. The maximum Gasteiger partial charge on any atom is 0.255 e. The van der Waals surface area contributed by atoms with E-state index in [9.17, 15) is 14.4 Å². The number of imide groups is 1. The molecule has 3 heterocycles.